The zero-order valence-corrected chi connectivity index (χ0v) is 17.0. The van der Waals surface area contributed by atoms with Crippen molar-refractivity contribution in [3.63, 3.8) is 0 Å². The topological polar surface area (TPSA) is 72.2 Å². The molecule has 7 heteroatoms. The molecule has 1 amide bonds. The maximum Gasteiger partial charge on any atom is 0.253 e. The van der Waals surface area contributed by atoms with Gasteiger partial charge in [-0.25, -0.2) is 9.50 Å². The minimum atomic E-state index is -0.0176. The molecule has 0 bridgehead atoms. The van der Waals surface area contributed by atoms with Crippen molar-refractivity contribution in [3.05, 3.63) is 52.8 Å². The lowest BCUT2D eigenvalue weighted by atomic mass is 10.1. The van der Waals surface area contributed by atoms with Crippen molar-refractivity contribution in [2.24, 2.45) is 0 Å². The summed E-state index contributed by atoms with van der Waals surface area (Å²) < 4.78 is 1.75. The molecule has 1 N–H and O–H groups in total. The number of nitrogens with zero attached hydrogens (tertiary/aromatic N) is 4. The van der Waals surface area contributed by atoms with Crippen molar-refractivity contribution in [2.45, 2.75) is 57.5 Å². The largest absolute Gasteiger partial charge is 0.349 e. The Morgan fingerprint density at radius 2 is 1.93 bits per heavy atom. The van der Waals surface area contributed by atoms with Crippen LogP contribution < -0.4 is 5.32 Å². The molecule has 3 aromatic rings. The highest BCUT2D eigenvalue weighted by Gasteiger charge is 2.15. The molecular weight excluding hydrogens is 358 g/mol. The minimum Gasteiger partial charge on any atom is -0.349 e. The van der Waals surface area contributed by atoms with E-state index in [1.165, 1.54) is 11.8 Å². The van der Waals surface area contributed by atoms with Gasteiger partial charge in [0.1, 0.15) is 0 Å². The van der Waals surface area contributed by atoms with E-state index in [0.29, 0.717) is 22.3 Å². The Hall–Kier alpha value is -2.41. The van der Waals surface area contributed by atoms with E-state index in [1.54, 1.807) is 4.52 Å². The van der Waals surface area contributed by atoms with Gasteiger partial charge in [-0.3, -0.25) is 4.79 Å². The van der Waals surface area contributed by atoms with E-state index in [0.717, 1.165) is 29.8 Å². The van der Waals surface area contributed by atoms with Gasteiger partial charge in [-0.2, -0.15) is 4.98 Å². The Kier molecular flexibility index (Phi) is 6.11. The van der Waals surface area contributed by atoms with Crippen LogP contribution in [-0.4, -0.2) is 31.5 Å². The molecule has 3 rings (SSSR count). The van der Waals surface area contributed by atoms with E-state index in [9.17, 15) is 4.79 Å². The zero-order chi connectivity index (χ0) is 19.4. The fourth-order valence-electron chi connectivity index (χ4n) is 2.98. The number of carbonyl (C=O) groups excluding carboxylic acids is 1. The second-order valence-corrected chi connectivity index (χ2v) is 7.52. The monoisotopic (exact) mass is 383 g/mol. The average molecular weight is 384 g/mol. The number of fused-ring (bicyclic) bond motifs is 1. The maximum atomic E-state index is 12.7. The number of nitrogens with one attached hydrogen (secondary N) is 1. The predicted octanol–water partition coefficient (Wildman–Crippen LogP) is 3.95. The fraction of sp³-hybridized carbons (Fsp3) is 0.400. The number of thioether (sulfide) groups is 1. The number of rotatable bonds is 7. The molecule has 0 atom stereocenters. The molecule has 6 nitrogen and oxygen atoms in total. The normalized spacial score (nSPS) is 11.3. The number of benzene rings is 1. The highest BCUT2D eigenvalue weighted by Crippen LogP contribution is 2.23. The van der Waals surface area contributed by atoms with E-state index in [4.69, 9.17) is 0 Å². The predicted molar refractivity (Wildman–Crippen MR) is 108 cm³/mol. The van der Waals surface area contributed by atoms with Crippen LogP contribution in [-0.2, 0) is 5.75 Å². The summed E-state index contributed by atoms with van der Waals surface area (Å²) >= 11 is 1.51. The number of hydrogen-bond donors (Lipinski definition) is 1. The van der Waals surface area contributed by atoms with E-state index in [2.05, 4.69) is 34.2 Å². The highest BCUT2D eigenvalue weighted by atomic mass is 32.2. The third-order valence-electron chi connectivity index (χ3n) is 4.54. The molecule has 0 aliphatic heterocycles. The maximum absolute atomic E-state index is 12.7. The molecule has 0 saturated carbocycles. The molecule has 0 aliphatic carbocycles. The number of amides is 1. The van der Waals surface area contributed by atoms with Crippen LogP contribution in [0.4, 0.5) is 0 Å². The van der Waals surface area contributed by atoms with Gasteiger partial charge < -0.3 is 5.32 Å². The lowest BCUT2D eigenvalue weighted by Gasteiger charge is -2.16. The first kappa shape index (κ1) is 19.4. The second kappa shape index (κ2) is 8.52. The van der Waals surface area contributed by atoms with Crippen LogP contribution in [0.1, 0.15) is 54.0 Å². The number of aryl methyl sites for hydroxylation is 2. The summed E-state index contributed by atoms with van der Waals surface area (Å²) in [6, 6.07) is 9.90. The Labute approximate surface area is 163 Å². The summed E-state index contributed by atoms with van der Waals surface area (Å²) in [6.45, 7) is 8.11. The molecule has 27 heavy (non-hydrogen) atoms. The van der Waals surface area contributed by atoms with Gasteiger partial charge in [-0.1, -0.05) is 43.8 Å². The van der Waals surface area contributed by atoms with Gasteiger partial charge in [0.2, 0.25) is 5.16 Å². The smallest absolute Gasteiger partial charge is 0.253 e. The van der Waals surface area contributed by atoms with Gasteiger partial charge in [0.05, 0.1) is 0 Å². The van der Waals surface area contributed by atoms with Crippen LogP contribution in [0.2, 0.25) is 0 Å². The Morgan fingerprint density at radius 1 is 1.19 bits per heavy atom. The van der Waals surface area contributed by atoms with Gasteiger partial charge in [0.15, 0.2) is 0 Å². The summed E-state index contributed by atoms with van der Waals surface area (Å²) in [7, 11) is 0. The highest BCUT2D eigenvalue weighted by molar-refractivity contribution is 7.98. The first-order valence-electron chi connectivity index (χ1n) is 9.24. The van der Waals surface area contributed by atoms with E-state index in [1.807, 2.05) is 44.2 Å². The molecule has 0 aliphatic rings. The van der Waals surface area contributed by atoms with Crippen molar-refractivity contribution in [3.8, 4) is 0 Å². The molecule has 1 aromatic carbocycles. The van der Waals surface area contributed by atoms with Crippen LogP contribution in [0.25, 0.3) is 5.78 Å². The van der Waals surface area contributed by atoms with E-state index in [-0.39, 0.29) is 11.9 Å². The van der Waals surface area contributed by atoms with E-state index < -0.39 is 0 Å². The number of carbonyl (C=O) groups is 1. The Bertz CT molecular complexity index is 949. The van der Waals surface area contributed by atoms with Crippen LogP contribution >= 0.6 is 11.8 Å². The summed E-state index contributed by atoms with van der Waals surface area (Å²) in [6.07, 6.45) is 1.85. The fourth-order valence-corrected chi connectivity index (χ4v) is 3.80. The van der Waals surface area contributed by atoms with Gasteiger partial charge in [-0.15, -0.1) is 5.10 Å². The first-order chi connectivity index (χ1) is 13.0. The third kappa shape index (κ3) is 4.47. The van der Waals surface area contributed by atoms with Crippen LogP contribution in [0.3, 0.4) is 0 Å². The van der Waals surface area contributed by atoms with Crippen molar-refractivity contribution < 1.29 is 4.79 Å². The molecule has 0 radical (unpaired) electrons. The van der Waals surface area contributed by atoms with Crippen molar-refractivity contribution in [1.29, 1.82) is 0 Å². The lowest BCUT2D eigenvalue weighted by Crippen LogP contribution is -2.34. The quantitative estimate of drug-likeness (QED) is 0.626. The molecule has 2 heterocycles. The summed E-state index contributed by atoms with van der Waals surface area (Å²) in [5, 5.41) is 8.29. The SMILES string of the molecule is CCC(CC)NC(=O)c1ccccc1CSc1nc2nc(C)cc(C)n2n1. The molecular formula is C20H25N5OS. The molecule has 2 aromatic heterocycles. The Balaban J connectivity index is 1.77. The van der Waals surface area contributed by atoms with Crippen molar-refractivity contribution in [1.82, 2.24) is 24.9 Å². The minimum absolute atomic E-state index is 0.0176. The van der Waals surface area contributed by atoms with Gasteiger partial charge in [0.25, 0.3) is 11.7 Å². The zero-order valence-electron chi connectivity index (χ0n) is 16.2. The Morgan fingerprint density at radius 3 is 2.67 bits per heavy atom. The van der Waals surface area contributed by atoms with Crippen LogP contribution in [0.5, 0.6) is 0 Å². The second-order valence-electron chi connectivity index (χ2n) is 6.58. The lowest BCUT2D eigenvalue weighted by molar-refractivity contribution is 0.0934. The molecule has 0 unspecified atom stereocenters. The molecule has 0 saturated heterocycles. The van der Waals surface area contributed by atoms with Gasteiger partial charge in [-0.05, 0) is 44.4 Å². The first-order valence-corrected chi connectivity index (χ1v) is 10.2. The van der Waals surface area contributed by atoms with Crippen LogP contribution in [0, 0.1) is 13.8 Å². The van der Waals surface area contributed by atoms with Crippen molar-refractivity contribution in [2.75, 3.05) is 0 Å². The third-order valence-corrected chi connectivity index (χ3v) is 5.42. The van der Waals surface area contributed by atoms with Crippen molar-refractivity contribution >= 4 is 23.4 Å². The molecule has 0 spiro atoms. The summed E-state index contributed by atoms with van der Waals surface area (Å²) in [5.41, 5.74) is 3.62. The summed E-state index contributed by atoms with van der Waals surface area (Å²) in [5.74, 6) is 1.22. The van der Waals surface area contributed by atoms with Gasteiger partial charge >= 0.3 is 0 Å². The number of hydrogen-bond acceptors (Lipinski definition) is 5. The van der Waals surface area contributed by atoms with Crippen LogP contribution in [0.15, 0.2) is 35.5 Å². The van der Waals surface area contributed by atoms with E-state index >= 15 is 0 Å². The number of aromatic nitrogens is 4. The molecule has 142 valence electrons. The molecule has 0 fully saturated rings. The van der Waals surface area contributed by atoms with Gasteiger partial charge in [0, 0.05) is 28.7 Å². The standard InChI is InChI=1S/C20H25N5OS/c1-5-16(6-2)22-18(26)17-10-8-7-9-15(17)12-27-20-23-19-21-13(3)11-14(4)25(19)24-20/h7-11,16H,5-6,12H2,1-4H3,(H,22,26). The summed E-state index contributed by atoms with van der Waals surface area (Å²) in [4.78, 5) is 21.6. The average Bonchev–Trinajstić information content (AvgIpc) is 3.07.